The van der Waals surface area contributed by atoms with E-state index >= 15 is 0 Å². The Morgan fingerprint density at radius 3 is 2.67 bits per heavy atom. The molecule has 1 heterocycles. The van der Waals surface area contributed by atoms with E-state index in [2.05, 4.69) is 21.2 Å². The summed E-state index contributed by atoms with van der Waals surface area (Å²) in [5.74, 6) is -1.69. The van der Waals surface area contributed by atoms with Gasteiger partial charge in [-0.3, -0.25) is 0 Å². The third kappa shape index (κ3) is 2.59. The molecule has 0 bridgehead atoms. The first kappa shape index (κ1) is 13.9. The van der Waals surface area contributed by atoms with Crippen molar-refractivity contribution in [3.63, 3.8) is 0 Å². The van der Waals surface area contributed by atoms with Gasteiger partial charge in [-0.1, -0.05) is 23.7 Å². The zero-order valence-electron chi connectivity index (χ0n) is 9.31. The fourth-order valence-corrected chi connectivity index (χ4v) is 3.58. The molecule has 96 valence electrons. The summed E-state index contributed by atoms with van der Waals surface area (Å²) in [6, 6.07) is 5.46. The van der Waals surface area contributed by atoms with Crippen molar-refractivity contribution >= 4 is 38.9 Å². The number of nitrogens with one attached hydrogen (secondary N) is 1. The van der Waals surface area contributed by atoms with Crippen LogP contribution in [0.5, 0.6) is 0 Å². The Morgan fingerprint density at radius 2 is 2.11 bits per heavy atom. The first-order valence-electron chi connectivity index (χ1n) is 5.10. The van der Waals surface area contributed by atoms with E-state index in [4.69, 9.17) is 11.6 Å². The van der Waals surface area contributed by atoms with Crippen LogP contribution < -0.4 is 5.32 Å². The van der Waals surface area contributed by atoms with Gasteiger partial charge in [-0.15, -0.1) is 11.3 Å². The third-order valence-electron chi connectivity index (χ3n) is 2.53. The monoisotopic (exact) mass is 351 g/mol. The predicted molar refractivity (Wildman–Crippen MR) is 74.3 cm³/mol. The van der Waals surface area contributed by atoms with Crippen LogP contribution in [0.1, 0.15) is 16.5 Å². The Hall–Kier alpha value is -0.490. The van der Waals surface area contributed by atoms with Crippen LogP contribution in [-0.4, -0.2) is 7.05 Å². The van der Waals surface area contributed by atoms with Crippen LogP contribution in [0.3, 0.4) is 0 Å². The molecule has 1 aromatic carbocycles. The molecule has 1 N–H and O–H groups in total. The van der Waals surface area contributed by atoms with Crippen LogP contribution in [0, 0.1) is 11.6 Å². The fourth-order valence-electron chi connectivity index (χ4n) is 1.70. The van der Waals surface area contributed by atoms with Crippen molar-refractivity contribution in [3.05, 3.63) is 55.1 Å². The molecule has 0 spiro atoms. The summed E-state index contributed by atoms with van der Waals surface area (Å²) in [6.07, 6.45) is 0. The van der Waals surface area contributed by atoms with E-state index in [1.807, 2.05) is 0 Å². The summed E-state index contributed by atoms with van der Waals surface area (Å²) in [5, 5.41) is 3.53. The third-order valence-corrected chi connectivity index (χ3v) is 5.07. The highest BCUT2D eigenvalue weighted by atomic mass is 79.9. The molecule has 0 aliphatic heterocycles. The minimum absolute atomic E-state index is 0.267. The van der Waals surface area contributed by atoms with Crippen LogP contribution in [0.25, 0.3) is 0 Å². The van der Waals surface area contributed by atoms with Gasteiger partial charge in [-0.05, 0) is 35.1 Å². The van der Waals surface area contributed by atoms with Gasteiger partial charge < -0.3 is 5.32 Å². The van der Waals surface area contributed by atoms with Crippen molar-refractivity contribution in [2.45, 2.75) is 6.04 Å². The first-order chi connectivity index (χ1) is 8.54. The molecule has 1 atom stereocenters. The van der Waals surface area contributed by atoms with E-state index in [1.54, 1.807) is 19.2 Å². The second kappa shape index (κ2) is 5.65. The van der Waals surface area contributed by atoms with Gasteiger partial charge in [0.25, 0.3) is 0 Å². The smallest absolute Gasteiger partial charge is 0.163 e. The zero-order chi connectivity index (χ0) is 13.3. The van der Waals surface area contributed by atoms with Crippen molar-refractivity contribution < 1.29 is 8.78 Å². The van der Waals surface area contributed by atoms with Crippen molar-refractivity contribution in [2.24, 2.45) is 0 Å². The number of hydrogen-bond acceptors (Lipinski definition) is 2. The number of halogens is 4. The van der Waals surface area contributed by atoms with E-state index in [9.17, 15) is 8.78 Å². The van der Waals surface area contributed by atoms with Crippen LogP contribution in [0.2, 0.25) is 5.02 Å². The van der Waals surface area contributed by atoms with Gasteiger partial charge in [-0.2, -0.15) is 0 Å². The Balaban J connectivity index is 2.48. The topological polar surface area (TPSA) is 12.0 Å². The molecule has 1 aromatic heterocycles. The number of rotatable bonds is 3. The van der Waals surface area contributed by atoms with Crippen molar-refractivity contribution in [1.82, 2.24) is 5.32 Å². The van der Waals surface area contributed by atoms with Crippen LogP contribution in [0.15, 0.2) is 28.1 Å². The number of hydrogen-bond donors (Lipinski definition) is 1. The van der Waals surface area contributed by atoms with Gasteiger partial charge in [0.05, 0.1) is 14.9 Å². The Kier molecular flexibility index (Phi) is 4.37. The average Bonchev–Trinajstić information content (AvgIpc) is 2.66. The molecule has 0 aliphatic rings. The number of thiophene rings is 1. The molecule has 1 unspecified atom stereocenters. The van der Waals surface area contributed by atoms with Crippen molar-refractivity contribution in [2.75, 3.05) is 7.05 Å². The maximum Gasteiger partial charge on any atom is 0.163 e. The van der Waals surface area contributed by atoms with Crippen LogP contribution >= 0.6 is 38.9 Å². The summed E-state index contributed by atoms with van der Waals surface area (Å²) < 4.78 is 27.8. The Bertz CT molecular complexity index is 554. The van der Waals surface area contributed by atoms with E-state index in [-0.39, 0.29) is 5.56 Å². The summed E-state index contributed by atoms with van der Waals surface area (Å²) >= 11 is 10.7. The molecule has 2 rings (SSSR count). The highest BCUT2D eigenvalue weighted by Gasteiger charge is 2.21. The highest BCUT2D eigenvalue weighted by molar-refractivity contribution is 9.11. The summed E-state index contributed by atoms with van der Waals surface area (Å²) in [6.45, 7) is 0. The molecule has 0 saturated heterocycles. The summed E-state index contributed by atoms with van der Waals surface area (Å²) in [4.78, 5) is 0.818. The largest absolute Gasteiger partial charge is 0.309 e. The second-order valence-electron chi connectivity index (χ2n) is 3.64. The van der Waals surface area contributed by atoms with Crippen LogP contribution in [-0.2, 0) is 0 Å². The molecule has 1 nitrogen and oxygen atoms in total. The predicted octanol–water partition coefficient (Wildman–Crippen LogP) is 4.75. The van der Waals surface area contributed by atoms with E-state index in [0.29, 0.717) is 5.02 Å². The van der Waals surface area contributed by atoms with Crippen LogP contribution in [0.4, 0.5) is 8.78 Å². The maximum absolute atomic E-state index is 13.8. The first-order valence-corrected chi connectivity index (χ1v) is 7.09. The molecular weight excluding hydrogens is 344 g/mol. The van der Waals surface area contributed by atoms with Gasteiger partial charge in [0.2, 0.25) is 0 Å². The Labute approximate surface area is 121 Å². The standard InChI is InChI=1S/C12H9BrClF2NS/c1-17-11(9-5-7(14)12(13)18-9)6-3-2-4-8(15)10(6)16/h2-5,11,17H,1H3. The minimum Gasteiger partial charge on any atom is -0.309 e. The average molecular weight is 353 g/mol. The zero-order valence-corrected chi connectivity index (χ0v) is 12.5. The fraction of sp³-hybridized carbons (Fsp3) is 0.167. The summed E-state index contributed by atoms with van der Waals surface area (Å²) in [7, 11) is 1.69. The lowest BCUT2D eigenvalue weighted by Crippen LogP contribution is -2.18. The van der Waals surface area contributed by atoms with E-state index in [0.717, 1.165) is 14.7 Å². The van der Waals surface area contributed by atoms with Gasteiger partial charge in [0.15, 0.2) is 11.6 Å². The lowest BCUT2D eigenvalue weighted by atomic mass is 10.0. The molecule has 6 heteroatoms. The molecule has 18 heavy (non-hydrogen) atoms. The lowest BCUT2D eigenvalue weighted by Gasteiger charge is -2.15. The highest BCUT2D eigenvalue weighted by Crippen LogP contribution is 2.37. The molecule has 2 aromatic rings. The van der Waals surface area contributed by atoms with Gasteiger partial charge in [0, 0.05) is 10.4 Å². The molecular formula is C12H9BrClF2NS. The minimum atomic E-state index is -0.852. The molecule has 0 saturated carbocycles. The van der Waals surface area contributed by atoms with Gasteiger partial charge in [-0.25, -0.2) is 8.78 Å². The normalized spacial score (nSPS) is 12.7. The van der Waals surface area contributed by atoms with Gasteiger partial charge >= 0.3 is 0 Å². The molecule has 0 fully saturated rings. The Morgan fingerprint density at radius 1 is 1.39 bits per heavy atom. The number of benzene rings is 1. The summed E-state index contributed by atoms with van der Waals surface area (Å²) in [5.41, 5.74) is 0.267. The van der Waals surface area contributed by atoms with E-state index < -0.39 is 17.7 Å². The quantitative estimate of drug-likeness (QED) is 0.840. The van der Waals surface area contributed by atoms with Crippen molar-refractivity contribution in [1.29, 1.82) is 0 Å². The molecule has 0 radical (unpaired) electrons. The lowest BCUT2D eigenvalue weighted by molar-refractivity contribution is 0.488. The van der Waals surface area contributed by atoms with Crippen molar-refractivity contribution in [3.8, 4) is 0 Å². The van der Waals surface area contributed by atoms with E-state index in [1.165, 1.54) is 17.4 Å². The molecule has 0 aliphatic carbocycles. The maximum atomic E-state index is 13.8. The second-order valence-corrected chi connectivity index (χ2v) is 6.44. The molecule has 0 amide bonds. The SMILES string of the molecule is CNC(c1cc(Cl)c(Br)s1)c1cccc(F)c1F. The van der Waals surface area contributed by atoms with Gasteiger partial charge in [0.1, 0.15) is 0 Å².